The summed E-state index contributed by atoms with van der Waals surface area (Å²) < 4.78 is 7.40. The number of esters is 1. The maximum atomic E-state index is 11.6. The minimum atomic E-state index is -0.452. The van der Waals surface area contributed by atoms with E-state index in [0.717, 1.165) is 18.8 Å². The van der Waals surface area contributed by atoms with Gasteiger partial charge in [-0.3, -0.25) is 9.89 Å². The average molecular weight is 364 g/mol. The molecule has 0 aliphatic rings. The highest BCUT2D eigenvalue weighted by atomic mass is 127. The molecule has 0 radical (unpaired) electrons. The van der Waals surface area contributed by atoms with E-state index in [4.69, 9.17) is 4.74 Å². The molecule has 0 fully saturated rings. The van der Waals surface area contributed by atoms with E-state index in [-0.39, 0.29) is 5.97 Å². The molecule has 0 amide bonds. The predicted octanol–water partition coefficient (Wildman–Crippen LogP) is 3.32. The Morgan fingerprint density at radius 1 is 1.59 bits per heavy atom. The second kappa shape index (κ2) is 4.56. The van der Waals surface area contributed by atoms with Crippen LogP contribution >= 0.6 is 33.9 Å². The molecule has 0 aliphatic heterocycles. The molecule has 0 aliphatic carbocycles. The predicted molar refractivity (Wildman–Crippen MR) is 75.9 cm³/mol. The monoisotopic (exact) mass is 364 g/mol. The zero-order chi connectivity index (χ0) is 12.6. The summed E-state index contributed by atoms with van der Waals surface area (Å²) in [5.74, 6) is -0.181. The van der Waals surface area contributed by atoms with Crippen molar-refractivity contribution in [1.82, 2.24) is 10.2 Å². The van der Waals surface area contributed by atoms with E-state index >= 15 is 0 Å². The lowest BCUT2D eigenvalue weighted by Gasteiger charge is -2.15. The lowest BCUT2D eigenvalue weighted by molar-refractivity contribution is -0.154. The first-order valence-electron chi connectivity index (χ1n) is 5.17. The number of rotatable bonds is 2. The molecule has 0 saturated heterocycles. The summed E-state index contributed by atoms with van der Waals surface area (Å²) in [5, 5.41) is 7.06. The number of hydrogen-bond donors (Lipinski definition) is 1. The van der Waals surface area contributed by atoms with Crippen molar-refractivity contribution in [3.8, 4) is 0 Å². The van der Waals surface area contributed by atoms with Crippen LogP contribution in [0.4, 0.5) is 0 Å². The summed E-state index contributed by atoms with van der Waals surface area (Å²) in [7, 11) is 0. The quantitative estimate of drug-likeness (QED) is 0.657. The van der Waals surface area contributed by atoms with Gasteiger partial charge in [0.15, 0.2) is 0 Å². The van der Waals surface area contributed by atoms with Gasteiger partial charge in [0.1, 0.15) is 15.8 Å². The Kier molecular flexibility index (Phi) is 3.44. The molecule has 92 valence electrons. The molecule has 0 aromatic carbocycles. The van der Waals surface area contributed by atoms with Crippen molar-refractivity contribution >= 4 is 50.1 Å². The van der Waals surface area contributed by atoms with Crippen molar-refractivity contribution in [2.75, 3.05) is 0 Å². The first kappa shape index (κ1) is 12.8. The van der Waals surface area contributed by atoms with Crippen molar-refractivity contribution in [1.29, 1.82) is 0 Å². The third-order valence-electron chi connectivity index (χ3n) is 2.20. The number of fused-ring (bicyclic) bond motifs is 1. The largest absolute Gasteiger partial charge is 0.460 e. The highest BCUT2D eigenvalue weighted by Crippen LogP contribution is 2.28. The number of nitrogens with one attached hydrogen (secondary N) is 1. The number of aromatic amines is 1. The van der Waals surface area contributed by atoms with Crippen molar-refractivity contribution < 1.29 is 9.53 Å². The van der Waals surface area contributed by atoms with E-state index in [0.29, 0.717) is 6.61 Å². The van der Waals surface area contributed by atoms with Gasteiger partial charge in [-0.15, -0.1) is 11.3 Å². The van der Waals surface area contributed by atoms with Gasteiger partial charge in [-0.2, -0.15) is 5.10 Å². The number of carbonyl (C=O) groups is 1. The molecule has 2 aromatic rings. The van der Waals surface area contributed by atoms with E-state index in [1.165, 1.54) is 0 Å². The van der Waals surface area contributed by atoms with Crippen LogP contribution in [0.25, 0.3) is 10.2 Å². The number of carbonyl (C=O) groups excluding carboxylic acids is 1. The van der Waals surface area contributed by atoms with Crippen molar-refractivity contribution in [3.63, 3.8) is 0 Å². The summed E-state index contributed by atoms with van der Waals surface area (Å²) in [6.07, 6.45) is 0. The lowest BCUT2D eigenvalue weighted by Crippen LogP contribution is -2.22. The van der Waals surface area contributed by atoms with Crippen molar-refractivity contribution in [2.24, 2.45) is 5.41 Å². The van der Waals surface area contributed by atoms with E-state index in [1.807, 2.05) is 26.8 Å². The molecule has 4 nitrogen and oxygen atoms in total. The Morgan fingerprint density at radius 3 is 2.88 bits per heavy atom. The smallest absolute Gasteiger partial charge is 0.311 e. The maximum absolute atomic E-state index is 11.6. The molecule has 6 heteroatoms. The Morgan fingerprint density at radius 2 is 2.29 bits per heavy atom. The third kappa shape index (κ3) is 2.79. The number of ether oxygens (including phenoxy) is 1. The zero-order valence-electron chi connectivity index (χ0n) is 9.83. The van der Waals surface area contributed by atoms with Crippen LogP contribution in [-0.4, -0.2) is 16.2 Å². The van der Waals surface area contributed by atoms with Crippen LogP contribution in [0.3, 0.4) is 0 Å². The average Bonchev–Trinajstić information content (AvgIpc) is 2.76. The van der Waals surface area contributed by atoms with Crippen LogP contribution in [0.15, 0.2) is 6.07 Å². The third-order valence-corrected chi connectivity index (χ3v) is 4.46. The summed E-state index contributed by atoms with van der Waals surface area (Å²) in [5.41, 5.74) is 0.480. The maximum Gasteiger partial charge on any atom is 0.311 e. The molecule has 2 rings (SSSR count). The first-order chi connectivity index (χ1) is 7.88. The highest BCUT2D eigenvalue weighted by molar-refractivity contribution is 14.1. The SMILES string of the molecule is CC(C)(C)C(=O)OCc1cc2n[nH]c(I)c2s1. The van der Waals surface area contributed by atoms with Crippen molar-refractivity contribution in [3.05, 3.63) is 14.6 Å². The normalized spacial score (nSPS) is 12.0. The van der Waals surface area contributed by atoms with Gasteiger partial charge < -0.3 is 4.74 Å². The van der Waals surface area contributed by atoms with E-state index in [2.05, 4.69) is 32.8 Å². The highest BCUT2D eigenvalue weighted by Gasteiger charge is 2.23. The number of halogens is 1. The van der Waals surface area contributed by atoms with Crippen LogP contribution < -0.4 is 0 Å². The molecule has 0 spiro atoms. The second-order valence-electron chi connectivity index (χ2n) is 4.79. The molecular formula is C11H13IN2O2S. The molecule has 17 heavy (non-hydrogen) atoms. The van der Waals surface area contributed by atoms with Gasteiger partial charge in [-0.25, -0.2) is 0 Å². The van der Waals surface area contributed by atoms with Gasteiger partial charge in [0.05, 0.1) is 10.1 Å². The number of nitrogens with zero attached hydrogens (tertiary/aromatic N) is 1. The fraction of sp³-hybridized carbons (Fsp3) is 0.455. The van der Waals surface area contributed by atoms with E-state index in [9.17, 15) is 4.79 Å². The number of hydrogen-bond acceptors (Lipinski definition) is 4. The summed E-state index contributed by atoms with van der Waals surface area (Å²) in [6.45, 7) is 5.87. The summed E-state index contributed by atoms with van der Waals surface area (Å²) >= 11 is 3.81. The van der Waals surface area contributed by atoms with Gasteiger partial charge in [0.25, 0.3) is 0 Å². The van der Waals surface area contributed by atoms with E-state index in [1.54, 1.807) is 11.3 Å². The molecule has 2 heterocycles. The van der Waals surface area contributed by atoms with Crippen LogP contribution in [-0.2, 0) is 16.1 Å². The molecule has 0 bridgehead atoms. The summed E-state index contributed by atoms with van der Waals surface area (Å²) in [6, 6.07) is 1.95. The topological polar surface area (TPSA) is 55.0 Å². The first-order valence-corrected chi connectivity index (χ1v) is 7.07. The number of H-pyrrole nitrogens is 1. The van der Waals surface area contributed by atoms with Gasteiger partial charge >= 0.3 is 5.97 Å². The molecule has 0 unspecified atom stereocenters. The minimum absolute atomic E-state index is 0.181. The zero-order valence-corrected chi connectivity index (χ0v) is 12.8. The Hall–Kier alpha value is -0.630. The van der Waals surface area contributed by atoms with E-state index < -0.39 is 5.41 Å². The standard InChI is InChI=1S/C11H13IN2O2S/c1-11(2,3)10(15)16-5-6-4-7-8(17-6)9(12)14-13-7/h4H,5H2,1-3H3,(H,13,14). The fourth-order valence-electron chi connectivity index (χ4n) is 1.26. The molecule has 1 N–H and O–H groups in total. The van der Waals surface area contributed by atoms with Crippen LogP contribution in [0.1, 0.15) is 25.6 Å². The number of thiophene rings is 1. The molecule has 0 atom stereocenters. The summed E-state index contributed by atoms with van der Waals surface area (Å²) in [4.78, 5) is 12.6. The molecule has 0 saturated carbocycles. The van der Waals surface area contributed by atoms with Crippen LogP contribution in [0, 0.1) is 9.12 Å². The van der Waals surface area contributed by atoms with Gasteiger partial charge in [-0.05, 0) is 49.4 Å². The number of aromatic nitrogens is 2. The molecule has 2 aromatic heterocycles. The van der Waals surface area contributed by atoms with Gasteiger partial charge in [-0.1, -0.05) is 0 Å². The molecular weight excluding hydrogens is 351 g/mol. The van der Waals surface area contributed by atoms with Crippen LogP contribution in [0.5, 0.6) is 0 Å². The Balaban J connectivity index is 2.07. The van der Waals surface area contributed by atoms with Gasteiger partial charge in [0, 0.05) is 4.88 Å². The second-order valence-corrected chi connectivity index (χ2v) is 7.01. The van der Waals surface area contributed by atoms with Gasteiger partial charge in [0.2, 0.25) is 0 Å². The fourth-order valence-corrected chi connectivity index (χ4v) is 2.88. The lowest BCUT2D eigenvalue weighted by atomic mass is 9.97. The Labute approximate surface area is 117 Å². The van der Waals surface area contributed by atoms with Crippen LogP contribution in [0.2, 0.25) is 0 Å². The van der Waals surface area contributed by atoms with Crippen molar-refractivity contribution in [2.45, 2.75) is 27.4 Å². The Bertz CT molecular complexity index is 553. The minimum Gasteiger partial charge on any atom is -0.460 e.